The van der Waals surface area contributed by atoms with E-state index < -0.39 is 29.8 Å². The number of carbonyl (C=O) groups excluding carboxylic acids is 1. The normalized spacial score (nSPS) is 15.7. The molecule has 0 unspecified atom stereocenters. The highest BCUT2D eigenvalue weighted by Gasteiger charge is 2.39. The molecule has 9 nitrogen and oxygen atoms in total. The molecule has 6 heterocycles. The molecule has 0 fully saturated rings. The van der Waals surface area contributed by atoms with Crippen LogP contribution in [0, 0.1) is 0 Å². The van der Waals surface area contributed by atoms with Gasteiger partial charge in [0.2, 0.25) is 11.7 Å². The van der Waals surface area contributed by atoms with Gasteiger partial charge in [0.05, 0.1) is 23.2 Å². The Hall–Kier alpha value is -4.41. The Morgan fingerprint density at radius 1 is 1.18 bits per heavy atom. The summed E-state index contributed by atoms with van der Waals surface area (Å²) in [6.45, 7) is 0.259. The van der Waals surface area contributed by atoms with E-state index in [1.54, 1.807) is 35.2 Å². The van der Waals surface area contributed by atoms with E-state index in [-0.39, 0.29) is 18.1 Å². The van der Waals surface area contributed by atoms with Gasteiger partial charge >= 0.3 is 0 Å². The number of hydrogen-bond acceptors (Lipinski definition) is 6. The zero-order valence-electron chi connectivity index (χ0n) is 17.6. The van der Waals surface area contributed by atoms with E-state index in [1.165, 1.54) is 11.1 Å². The van der Waals surface area contributed by atoms with Crippen molar-refractivity contribution < 1.29 is 18.0 Å². The summed E-state index contributed by atoms with van der Waals surface area (Å²) < 4.78 is 35.1. The summed E-state index contributed by atoms with van der Waals surface area (Å²) in [5, 5.41) is 4.62. The molecule has 34 heavy (non-hydrogen) atoms. The average Bonchev–Trinajstić information content (AvgIpc) is 3.61. The number of aromatic nitrogens is 6. The van der Waals surface area contributed by atoms with E-state index in [0.29, 0.717) is 17.8 Å². The lowest BCUT2D eigenvalue weighted by molar-refractivity contribution is 0.0640. The quantitative estimate of drug-likeness (QED) is 0.436. The molecule has 1 aliphatic rings. The molecular formula is C23H17F2N7O2. The summed E-state index contributed by atoms with van der Waals surface area (Å²) >= 11 is 0. The van der Waals surface area contributed by atoms with Gasteiger partial charge in [-0.2, -0.15) is 5.10 Å². The number of imidazole rings is 1. The van der Waals surface area contributed by atoms with Crippen LogP contribution in [0.15, 0.2) is 65.6 Å². The highest BCUT2D eigenvalue weighted by molar-refractivity contribution is 5.93. The maximum atomic E-state index is 13.9. The largest absolute Gasteiger partial charge is 0.429 e. The zero-order chi connectivity index (χ0) is 23.2. The average molecular weight is 461 g/mol. The van der Waals surface area contributed by atoms with Gasteiger partial charge in [-0.1, -0.05) is 12.1 Å². The molecule has 5 aromatic heterocycles. The number of fused-ring (bicyclic) bond motifs is 2. The molecule has 0 aliphatic carbocycles. The molecule has 0 spiro atoms. The first-order chi connectivity index (χ1) is 16.6. The van der Waals surface area contributed by atoms with Crippen LogP contribution in [0.25, 0.3) is 17.1 Å². The first-order valence-corrected chi connectivity index (χ1v) is 10.6. The minimum atomic E-state index is -3.00. The van der Waals surface area contributed by atoms with Crippen molar-refractivity contribution in [3.8, 4) is 11.6 Å². The number of oxazole rings is 1. The number of rotatable bonds is 4. The third-order valence-electron chi connectivity index (χ3n) is 5.79. The van der Waals surface area contributed by atoms with Gasteiger partial charge in [0.15, 0.2) is 5.69 Å². The van der Waals surface area contributed by atoms with Crippen molar-refractivity contribution in [1.82, 2.24) is 34.4 Å². The van der Waals surface area contributed by atoms with Gasteiger partial charge < -0.3 is 14.3 Å². The van der Waals surface area contributed by atoms with Gasteiger partial charge in [-0.3, -0.25) is 9.78 Å². The number of pyridine rings is 2. The van der Waals surface area contributed by atoms with Gasteiger partial charge in [-0.05, 0) is 30.3 Å². The highest BCUT2D eigenvalue weighted by Crippen LogP contribution is 2.36. The van der Waals surface area contributed by atoms with Crippen LogP contribution >= 0.6 is 0 Å². The standard InChI is InChI=1S/C23H17F2N7O2/c24-21(25)18-20(34-22(29-18)15-6-1-3-8-26-15)23(33)31-10-7-14-17(28-12-27-14)19(31)16-11-13-5-2-4-9-32(13)30-16/h1-6,8-9,11-12,19,21H,7,10H2,(H,27,28)/t19-/m0/s1. The number of aromatic amines is 1. The Kier molecular flexibility index (Phi) is 4.68. The summed E-state index contributed by atoms with van der Waals surface area (Å²) in [6, 6.07) is 11.7. The molecule has 11 heteroatoms. The molecule has 5 aromatic rings. The van der Waals surface area contributed by atoms with Gasteiger partial charge in [-0.15, -0.1) is 0 Å². The van der Waals surface area contributed by atoms with Crippen LogP contribution in [0.5, 0.6) is 0 Å². The van der Waals surface area contributed by atoms with Crippen LogP contribution in [0.2, 0.25) is 0 Å². The second kappa shape index (κ2) is 7.87. The van der Waals surface area contributed by atoms with Crippen LogP contribution in [-0.4, -0.2) is 46.9 Å². The van der Waals surface area contributed by atoms with E-state index in [1.807, 2.05) is 24.3 Å². The van der Waals surface area contributed by atoms with Crippen molar-refractivity contribution in [2.45, 2.75) is 18.9 Å². The molecule has 1 N–H and O–H groups in total. The fourth-order valence-corrected chi connectivity index (χ4v) is 4.25. The zero-order valence-corrected chi connectivity index (χ0v) is 17.6. The third-order valence-corrected chi connectivity index (χ3v) is 5.79. The molecule has 170 valence electrons. The smallest absolute Gasteiger partial charge is 0.292 e. The molecule has 1 amide bonds. The minimum absolute atomic E-state index is 0.138. The van der Waals surface area contributed by atoms with Crippen LogP contribution < -0.4 is 0 Å². The summed E-state index contributed by atoms with van der Waals surface area (Å²) in [5.41, 5.74) is 2.42. The number of alkyl halides is 2. The molecule has 0 bridgehead atoms. The number of halogens is 2. The van der Waals surface area contributed by atoms with E-state index in [0.717, 1.165) is 11.2 Å². The Bertz CT molecular complexity index is 1460. The van der Waals surface area contributed by atoms with E-state index in [4.69, 9.17) is 4.42 Å². The second-order valence-electron chi connectivity index (χ2n) is 7.81. The van der Waals surface area contributed by atoms with E-state index >= 15 is 0 Å². The molecule has 1 atom stereocenters. The maximum Gasteiger partial charge on any atom is 0.292 e. The summed E-state index contributed by atoms with van der Waals surface area (Å²) in [7, 11) is 0. The van der Waals surface area contributed by atoms with Crippen molar-refractivity contribution in [2.24, 2.45) is 0 Å². The van der Waals surface area contributed by atoms with Crippen molar-refractivity contribution in [1.29, 1.82) is 0 Å². The van der Waals surface area contributed by atoms with Gasteiger partial charge in [0.25, 0.3) is 12.3 Å². The Morgan fingerprint density at radius 3 is 2.85 bits per heavy atom. The van der Waals surface area contributed by atoms with E-state index in [2.05, 4.69) is 25.0 Å². The second-order valence-corrected chi connectivity index (χ2v) is 7.81. The van der Waals surface area contributed by atoms with Crippen LogP contribution in [0.4, 0.5) is 8.78 Å². The third kappa shape index (κ3) is 3.24. The van der Waals surface area contributed by atoms with Gasteiger partial charge in [0, 0.05) is 31.1 Å². The van der Waals surface area contributed by atoms with Gasteiger partial charge in [-0.25, -0.2) is 23.3 Å². The van der Waals surface area contributed by atoms with Crippen LogP contribution in [0.3, 0.4) is 0 Å². The minimum Gasteiger partial charge on any atom is -0.429 e. The van der Waals surface area contributed by atoms with Crippen molar-refractivity contribution >= 4 is 11.4 Å². The molecule has 0 radical (unpaired) electrons. The summed E-state index contributed by atoms with van der Waals surface area (Å²) in [4.78, 5) is 30.6. The fraction of sp³-hybridized carbons (Fsp3) is 0.174. The molecule has 0 saturated carbocycles. The van der Waals surface area contributed by atoms with E-state index in [9.17, 15) is 13.6 Å². The Labute approximate surface area is 191 Å². The molecule has 1 aliphatic heterocycles. The van der Waals surface area contributed by atoms with Crippen molar-refractivity contribution in [2.75, 3.05) is 6.54 Å². The lowest BCUT2D eigenvalue weighted by atomic mass is 9.99. The molecule has 0 aromatic carbocycles. The number of amides is 1. The lowest BCUT2D eigenvalue weighted by Crippen LogP contribution is -2.41. The number of hydrogen-bond donors (Lipinski definition) is 1. The number of nitrogens with one attached hydrogen (secondary N) is 1. The number of nitrogens with zero attached hydrogens (tertiary/aromatic N) is 6. The Morgan fingerprint density at radius 2 is 2.06 bits per heavy atom. The SMILES string of the molecule is O=C(c1oc(-c2ccccn2)nc1C(F)F)N1CCc2[nH]cnc2[C@@H]1c1cc2ccccn2n1. The van der Waals surface area contributed by atoms with Crippen LogP contribution in [0.1, 0.15) is 45.8 Å². The van der Waals surface area contributed by atoms with Crippen molar-refractivity contribution in [3.63, 3.8) is 0 Å². The Balaban J connectivity index is 1.45. The number of H-pyrrole nitrogens is 1. The predicted molar refractivity (Wildman–Crippen MR) is 115 cm³/mol. The summed E-state index contributed by atoms with van der Waals surface area (Å²) in [6.07, 6.45) is 2.32. The van der Waals surface area contributed by atoms with Crippen molar-refractivity contribution in [3.05, 3.63) is 89.7 Å². The first kappa shape index (κ1) is 20.2. The molecule has 0 saturated heterocycles. The molecular weight excluding hydrogens is 444 g/mol. The monoisotopic (exact) mass is 461 g/mol. The lowest BCUT2D eigenvalue weighted by Gasteiger charge is -2.33. The predicted octanol–water partition coefficient (Wildman–Crippen LogP) is 3.83. The number of carbonyl (C=O) groups is 1. The maximum absolute atomic E-state index is 13.9. The van der Waals surface area contributed by atoms with Gasteiger partial charge in [0.1, 0.15) is 11.7 Å². The van der Waals surface area contributed by atoms with Crippen LogP contribution in [-0.2, 0) is 6.42 Å². The highest BCUT2D eigenvalue weighted by atomic mass is 19.3. The first-order valence-electron chi connectivity index (χ1n) is 10.6. The topological polar surface area (TPSA) is 105 Å². The molecule has 6 rings (SSSR count). The summed E-state index contributed by atoms with van der Waals surface area (Å²) in [5.74, 6) is -1.36. The fourth-order valence-electron chi connectivity index (χ4n) is 4.25.